The second-order valence-electron chi connectivity index (χ2n) is 5.24. The summed E-state index contributed by atoms with van der Waals surface area (Å²) in [5.74, 6) is -2.28. The molecule has 0 aromatic rings. The van der Waals surface area contributed by atoms with Gasteiger partial charge < -0.3 is 20.3 Å². The summed E-state index contributed by atoms with van der Waals surface area (Å²) >= 11 is 0. The molecule has 0 unspecified atom stereocenters. The number of rotatable bonds is 6. The quantitative estimate of drug-likeness (QED) is 0.772. The number of ether oxygens (including phenoxy) is 2. The van der Waals surface area contributed by atoms with Crippen LogP contribution < -0.4 is 5.73 Å². The summed E-state index contributed by atoms with van der Waals surface area (Å²) in [5.41, 5.74) is 7.55. The van der Waals surface area contributed by atoms with Crippen molar-refractivity contribution in [1.29, 1.82) is 0 Å². The number of anilines is 1. The highest BCUT2D eigenvalue weighted by Crippen LogP contribution is 2.39. The molecule has 0 aromatic heterocycles. The van der Waals surface area contributed by atoms with Gasteiger partial charge in [-0.3, -0.25) is 4.79 Å². The molecule has 0 saturated heterocycles. The smallest absolute Gasteiger partial charge is 0.340 e. The average Bonchev–Trinajstić information content (AvgIpc) is 2.67. The predicted molar refractivity (Wildman–Crippen MR) is 90.7 cm³/mol. The third-order valence-electron chi connectivity index (χ3n) is 3.61. The summed E-state index contributed by atoms with van der Waals surface area (Å²) < 4.78 is 10.1. The minimum atomic E-state index is -0.985. The van der Waals surface area contributed by atoms with Gasteiger partial charge in [0.1, 0.15) is 0 Å². The van der Waals surface area contributed by atoms with Crippen LogP contribution in [0.15, 0.2) is 24.3 Å². The SMILES string of the molecule is CCOC(=O)c1c2ccc(CC(=O)O)ccc-2c(C(=O)OCC)c1N. The Morgan fingerprint density at radius 1 is 0.920 bits per heavy atom. The molecule has 0 saturated carbocycles. The molecule has 0 radical (unpaired) electrons. The summed E-state index contributed by atoms with van der Waals surface area (Å²) in [7, 11) is 0. The Morgan fingerprint density at radius 2 is 1.36 bits per heavy atom. The number of carbonyl (C=O) groups is 3. The number of aliphatic carboxylic acids is 1. The van der Waals surface area contributed by atoms with E-state index in [0.717, 1.165) is 0 Å². The minimum Gasteiger partial charge on any atom is -0.481 e. The number of carboxylic acid groups (broad SMARTS) is 1. The fourth-order valence-corrected chi connectivity index (χ4v) is 2.61. The molecule has 0 amide bonds. The normalized spacial score (nSPS) is 10.5. The van der Waals surface area contributed by atoms with Crippen LogP contribution in [-0.4, -0.2) is 36.2 Å². The summed E-state index contributed by atoms with van der Waals surface area (Å²) in [6.07, 6.45) is -0.184. The van der Waals surface area contributed by atoms with Crippen LogP contribution in [0.1, 0.15) is 40.1 Å². The molecule has 7 nitrogen and oxygen atoms in total. The molecule has 0 atom stereocenters. The zero-order chi connectivity index (χ0) is 18.6. The standard InChI is InChI=1S/C18H19NO6/c1-3-24-17(22)14-11-7-5-10(9-13(20)21)6-8-12(11)15(16(14)19)18(23)25-4-2/h5-8H,3-4,9,19H2,1-2H3,(H,20,21). The first-order valence-corrected chi connectivity index (χ1v) is 7.80. The van der Waals surface area contributed by atoms with E-state index in [1.165, 1.54) is 0 Å². The van der Waals surface area contributed by atoms with Gasteiger partial charge in [0.2, 0.25) is 0 Å². The van der Waals surface area contributed by atoms with E-state index in [1.807, 2.05) is 0 Å². The molecule has 7 heteroatoms. The first-order chi connectivity index (χ1) is 11.9. The van der Waals surface area contributed by atoms with Gasteiger partial charge in [-0.1, -0.05) is 24.3 Å². The van der Waals surface area contributed by atoms with Gasteiger partial charge in [-0.15, -0.1) is 0 Å². The Hall–Kier alpha value is -3.09. The van der Waals surface area contributed by atoms with Crippen LogP contribution in [0.5, 0.6) is 0 Å². The van der Waals surface area contributed by atoms with Gasteiger partial charge >= 0.3 is 17.9 Å². The minimum absolute atomic E-state index is 0.00196. The molecular formula is C18H19NO6. The topological polar surface area (TPSA) is 116 Å². The number of hydrogen-bond acceptors (Lipinski definition) is 6. The van der Waals surface area contributed by atoms with Crippen molar-refractivity contribution < 1.29 is 29.0 Å². The number of carboxylic acids is 1. The van der Waals surface area contributed by atoms with Gasteiger partial charge in [0.15, 0.2) is 0 Å². The number of fused-ring (bicyclic) bond motifs is 1. The van der Waals surface area contributed by atoms with Crippen molar-refractivity contribution in [3.8, 4) is 11.1 Å². The summed E-state index contributed by atoms with van der Waals surface area (Å²) in [5, 5.41) is 8.94. The summed E-state index contributed by atoms with van der Waals surface area (Å²) in [4.78, 5) is 35.5. The lowest BCUT2D eigenvalue weighted by molar-refractivity contribution is -0.136. The van der Waals surface area contributed by atoms with Crippen molar-refractivity contribution in [2.24, 2.45) is 0 Å². The van der Waals surface area contributed by atoms with E-state index < -0.39 is 17.9 Å². The largest absolute Gasteiger partial charge is 0.481 e. The van der Waals surface area contributed by atoms with Crippen molar-refractivity contribution in [1.82, 2.24) is 0 Å². The molecule has 2 aliphatic rings. The summed E-state index contributed by atoms with van der Waals surface area (Å²) in [6, 6.07) is 6.29. The molecule has 2 aliphatic carbocycles. The van der Waals surface area contributed by atoms with E-state index in [9.17, 15) is 14.4 Å². The molecule has 0 heterocycles. The molecule has 0 spiro atoms. The Labute approximate surface area is 144 Å². The van der Waals surface area contributed by atoms with Crippen LogP contribution in [0.2, 0.25) is 0 Å². The molecule has 0 bridgehead atoms. The third kappa shape index (κ3) is 3.71. The maximum absolute atomic E-state index is 12.3. The number of esters is 2. The van der Waals surface area contributed by atoms with E-state index in [4.69, 9.17) is 20.3 Å². The lowest BCUT2D eigenvalue weighted by atomic mass is 10.1. The van der Waals surface area contributed by atoms with Gasteiger partial charge in [0.25, 0.3) is 0 Å². The molecule has 132 valence electrons. The molecule has 0 aliphatic heterocycles. The lowest BCUT2D eigenvalue weighted by Gasteiger charge is -2.03. The molecule has 2 rings (SSSR count). The van der Waals surface area contributed by atoms with Crippen molar-refractivity contribution >= 4 is 23.6 Å². The van der Waals surface area contributed by atoms with Crippen LogP contribution in [0, 0.1) is 0 Å². The molecule has 3 N–H and O–H groups in total. The van der Waals surface area contributed by atoms with Crippen LogP contribution in [0.4, 0.5) is 5.69 Å². The number of hydrogen-bond donors (Lipinski definition) is 2. The maximum atomic E-state index is 12.3. The van der Waals surface area contributed by atoms with Crippen LogP contribution in [0.25, 0.3) is 11.1 Å². The van der Waals surface area contributed by atoms with Crippen LogP contribution in [-0.2, 0) is 20.7 Å². The van der Waals surface area contributed by atoms with Crippen molar-refractivity contribution in [2.75, 3.05) is 18.9 Å². The highest BCUT2D eigenvalue weighted by atomic mass is 16.5. The maximum Gasteiger partial charge on any atom is 0.340 e. The van der Waals surface area contributed by atoms with E-state index in [-0.39, 0.29) is 36.4 Å². The first-order valence-electron chi connectivity index (χ1n) is 7.80. The Bertz CT molecular complexity index is 743. The van der Waals surface area contributed by atoms with Gasteiger partial charge in [0, 0.05) is 0 Å². The van der Waals surface area contributed by atoms with Gasteiger partial charge in [0.05, 0.1) is 36.4 Å². The van der Waals surface area contributed by atoms with Gasteiger partial charge in [-0.2, -0.15) is 0 Å². The Morgan fingerprint density at radius 3 is 1.72 bits per heavy atom. The molecule has 25 heavy (non-hydrogen) atoms. The monoisotopic (exact) mass is 345 g/mol. The predicted octanol–water partition coefficient (Wildman–Crippen LogP) is 2.35. The Kier molecular flexibility index (Phi) is 5.59. The number of carbonyl (C=O) groups excluding carboxylic acids is 2. The lowest BCUT2D eigenvalue weighted by Crippen LogP contribution is -2.09. The fourth-order valence-electron chi connectivity index (χ4n) is 2.61. The molecular weight excluding hydrogens is 326 g/mol. The fraction of sp³-hybridized carbons (Fsp3) is 0.278. The van der Waals surface area contributed by atoms with E-state index in [0.29, 0.717) is 16.7 Å². The van der Waals surface area contributed by atoms with E-state index >= 15 is 0 Å². The second-order valence-corrected chi connectivity index (χ2v) is 5.24. The van der Waals surface area contributed by atoms with Crippen molar-refractivity contribution in [3.63, 3.8) is 0 Å². The summed E-state index contributed by atoms with van der Waals surface area (Å²) in [6.45, 7) is 3.64. The number of nitrogens with two attached hydrogens (primary N) is 1. The average molecular weight is 345 g/mol. The van der Waals surface area contributed by atoms with Gasteiger partial charge in [-0.25, -0.2) is 9.59 Å². The van der Waals surface area contributed by atoms with Crippen molar-refractivity contribution in [3.05, 3.63) is 41.0 Å². The number of nitrogen functional groups attached to an aromatic ring is 1. The Balaban J connectivity index is 2.70. The second kappa shape index (κ2) is 7.65. The van der Waals surface area contributed by atoms with Gasteiger partial charge in [-0.05, 0) is 30.5 Å². The third-order valence-corrected chi connectivity index (χ3v) is 3.61. The van der Waals surface area contributed by atoms with Crippen LogP contribution in [0.3, 0.4) is 0 Å². The zero-order valence-corrected chi connectivity index (χ0v) is 14.0. The highest BCUT2D eigenvalue weighted by Gasteiger charge is 2.30. The van der Waals surface area contributed by atoms with E-state index in [1.54, 1.807) is 38.1 Å². The molecule has 0 fully saturated rings. The first kappa shape index (κ1) is 18.3. The zero-order valence-electron chi connectivity index (χ0n) is 14.0. The van der Waals surface area contributed by atoms with Crippen molar-refractivity contribution in [2.45, 2.75) is 20.3 Å². The molecule has 0 aromatic carbocycles. The van der Waals surface area contributed by atoms with Crippen LogP contribution >= 0.6 is 0 Å². The van der Waals surface area contributed by atoms with E-state index in [2.05, 4.69) is 0 Å². The highest BCUT2D eigenvalue weighted by molar-refractivity contribution is 6.15.